The van der Waals surface area contributed by atoms with Crippen molar-refractivity contribution >= 4 is 54.8 Å². The average molecular weight is 532 g/mol. The number of hydrogen-bond acceptors (Lipinski definition) is 3. The molecule has 0 unspecified atom stereocenters. The number of fused-ring (bicyclic) bond motifs is 2. The molecule has 2 heterocycles. The van der Waals surface area contributed by atoms with Crippen LogP contribution in [0.3, 0.4) is 0 Å². The zero-order valence-electron chi connectivity index (χ0n) is 17.3. The lowest BCUT2D eigenvalue weighted by atomic mass is 10.1. The van der Waals surface area contributed by atoms with Gasteiger partial charge in [-0.3, -0.25) is 9.10 Å². The number of nitrogens with zero attached hydrogens (tertiary/aromatic N) is 2. The van der Waals surface area contributed by atoms with Crippen LogP contribution in [0.15, 0.2) is 70.0 Å². The molecule has 0 fully saturated rings. The molecule has 0 saturated carbocycles. The van der Waals surface area contributed by atoms with Crippen molar-refractivity contribution < 1.29 is 13.2 Å². The highest BCUT2D eigenvalue weighted by Crippen LogP contribution is 2.37. The summed E-state index contributed by atoms with van der Waals surface area (Å²) in [4.78, 5) is 15.4. The van der Waals surface area contributed by atoms with Crippen LogP contribution in [0, 0.1) is 0 Å². The summed E-state index contributed by atoms with van der Waals surface area (Å²) < 4.78 is 28.7. The molecule has 5 rings (SSSR count). The second kappa shape index (κ2) is 7.90. The molecule has 8 heteroatoms. The lowest BCUT2D eigenvalue weighted by molar-refractivity contribution is 0.0981. The maximum Gasteiger partial charge on any atom is 0.264 e. The van der Waals surface area contributed by atoms with E-state index < -0.39 is 10.0 Å². The summed E-state index contributed by atoms with van der Waals surface area (Å²) in [6.45, 7) is 2.38. The summed E-state index contributed by atoms with van der Waals surface area (Å²) in [6.07, 6.45) is 1.36. The summed E-state index contributed by atoms with van der Waals surface area (Å²) in [6, 6.07) is 17.5. The number of anilines is 2. The van der Waals surface area contributed by atoms with E-state index in [0.717, 1.165) is 27.7 Å². The van der Waals surface area contributed by atoms with Crippen LogP contribution < -0.4 is 9.21 Å². The lowest BCUT2D eigenvalue weighted by Gasteiger charge is -2.23. The molecule has 0 bridgehead atoms. The van der Waals surface area contributed by atoms with E-state index in [1.54, 1.807) is 24.3 Å². The van der Waals surface area contributed by atoms with Gasteiger partial charge in [-0.25, -0.2) is 8.42 Å². The van der Waals surface area contributed by atoms with Crippen molar-refractivity contribution in [1.29, 1.82) is 0 Å². The minimum atomic E-state index is -3.70. The standard InChI is InChI=1S/C24H20BrClN2O3S/c1-15-12-18-14-19(25)3-9-23(18)28(15)24(29)17-2-8-22-16(13-17)10-11-27(22)32(30,31)21-6-4-20(26)5-7-21/h2-9,13-15H,10-12H2,1H3/t15-/m1/s1. The largest absolute Gasteiger partial charge is 0.305 e. The van der Waals surface area contributed by atoms with E-state index in [0.29, 0.717) is 29.2 Å². The van der Waals surface area contributed by atoms with E-state index in [9.17, 15) is 13.2 Å². The fourth-order valence-corrected chi connectivity index (χ4v) is 6.57. The Morgan fingerprint density at radius 1 is 1.00 bits per heavy atom. The molecule has 32 heavy (non-hydrogen) atoms. The Balaban J connectivity index is 1.46. The number of carbonyl (C=O) groups excluding carboxylic acids is 1. The molecule has 0 spiro atoms. The Morgan fingerprint density at radius 2 is 1.72 bits per heavy atom. The van der Waals surface area contributed by atoms with Crippen molar-refractivity contribution in [2.75, 3.05) is 15.7 Å². The molecular weight excluding hydrogens is 512 g/mol. The first-order valence-electron chi connectivity index (χ1n) is 10.3. The molecule has 164 valence electrons. The smallest absolute Gasteiger partial charge is 0.264 e. The van der Waals surface area contributed by atoms with Crippen molar-refractivity contribution in [2.45, 2.75) is 30.7 Å². The van der Waals surface area contributed by atoms with E-state index >= 15 is 0 Å². The quantitative estimate of drug-likeness (QED) is 0.452. The first kappa shape index (κ1) is 21.5. The molecule has 0 N–H and O–H groups in total. The minimum Gasteiger partial charge on any atom is -0.305 e. The van der Waals surface area contributed by atoms with Gasteiger partial charge in [0.15, 0.2) is 0 Å². The SMILES string of the molecule is C[C@@H]1Cc2cc(Br)ccc2N1C(=O)c1ccc2c(c1)CCN2S(=O)(=O)c1ccc(Cl)cc1. The van der Waals surface area contributed by atoms with Crippen molar-refractivity contribution in [1.82, 2.24) is 0 Å². The van der Waals surface area contributed by atoms with Crippen LogP contribution in [0.4, 0.5) is 11.4 Å². The Hall–Kier alpha value is -2.35. The number of benzene rings is 3. The van der Waals surface area contributed by atoms with Gasteiger partial charge in [-0.05, 0) is 91.6 Å². The molecular formula is C24H20BrClN2O3S. The summed E-state index contributed by atoms with van der Waals surface area (Å²) in [5.74, 6) is -0.0691. The highest BCUT2D eigenvalue weighted by molar-refractivity contribution is 9.10. The molecule has 0 aliphatic carbocycles. The second-order valence-corrected chi connectivity index (χ2v) is 11.3. The van der Waals surface area contributed by atoms with Crippen molar-refractivity contribution in [3.63, 3.8) is 0 Å². The maximum atomic E-state index is 13.4. The molecule has 1 atom stereocenters. The second-order valence-electron chi connectivity index (χ2n) is 8.13. The van der Waals surface area contributed by atoms with Crippen molar-refractivity contribution in [3.8, 4) is 0 Å². The first-order chi connectivity index (χ1) is 15.3. The fraction of sp³-hybridized carbons (Fsp3) is 0.208. The monoisotopic (exact) mass is 530 g/mol. The molecule has 3 aromatic carbocycles. The van der Waals surface area contributed by atoms with Gasteiger partial charge in [0.25, 0.3) is 15.9 Å². The third-order valence-corrected chi connectivity index (χ3v) is 8.63. The molecule has 3 aromatic rings. The van der Waals surface area contributed by atoms with Gasteiger partial charge in [0.2, 0.25) is 0 Å². The minimum absolute atomic E-state index is 0.0573. The molecule has 0 aromatic heterocycles. The van der Waals surface area contributed by atoms with Crippen LogP contribution in [0.1, 0.15) is 28.4 Å². The van der Waals surface area contributed by atoms with E-state index in [2.05, 4.69) is 22.0 Å². The highest BCUT2D eigenvalue weighted by Gasteiger charge is 2.34. The number of rotatable bonds is 3. The van der Waals surface area contributed by atoms with Crippen LogP contribution >= 0.6 is 27.5 Å². The summed E-state index contributed by atoms with van der Waals surface area (Å²) in [5.41, 5.74) is 4.11. The van der Waals surface area contributed by atoms with Crippen molar-refractivity contribution in [3.05, 3.63) is 86.8 Å². The van der Waals surface area contributed by atoms with Crippen LogP contribution in [-0.4, -0.2) is 26.9 Å². The Kier molecular flexibility index (Phi) is 5.31. The van der Waals surface area contributed by atoms with Gasteiger partial charge in [-0.15, -0.1) is 0 Å². The topological polar surface area (TPSA) is 57.7 Å². The Morgan fingerprint density at radius 3 is 2.47 bits per heavy atom. The third kappa shape index (κ3) is 3.52. The van der Waals surface area contributed by atoms with Crippen LogP contribution in [0.5, 0.6) is 0 Å². The van der Waals surface area contributed by atoms with E-state index in [1.807, 2.05) is 30.0 Å². The van der Waals surface area contributed by atoms with Gasteiger partial charge in [0.1, 0.15) is 0 Å². The summed E-state index contributed by atoms with van der Waals surface area (Å²) >= 11 is 9.40. The molecule has 2 aliphatic heterocycles. The molecule has 2 aliphatic rings. The van der Waals surface area contributed by atoms with Gasteiger partial charge in [0, 0.05) is 33.3 Å². The van der Waals surface area contributed by atoms with Gasteiger partial charge in [0.05, 0.1) is 10.6 Å². The highest BCUT2D eigenvalue weighted by atomic mass is 79.9. The zero-order chi connectivity index (χ0) is 22.6. The number of amides is 1. The average Bonchev–Trinajstić information content (AvgIpc) is 3.33. The number of hydrogen-bond donors (Lipinski definition) is 0. The van der Waals surface area contributed by atoms with Crippen LogP contribution in [-0.2, 0) is 22.9 Å². The maximum absolute atomic E-state index is 13.4. The normalized spacial score (nSPS) is 17.4. The predicted octanol–water partition coefficient (Wildman–Crippen LogP) is 5.45. The van der Waals surface area contributed by atoms with Gasteiger partial charge in [-0.2, -0.15) is 0 Å². The van der Waals surface area contributed by atoms with E-state index in [1.165, 1.54) is 16.4 Å². The Labute approximate surface area is 200 Å². The van der Waals surface area contributed by atoms with E-state index in [-0.39, 0.29) is 16.8 Å². The molecule has 0 saturated heterocycles. The number of carbonyl (C=O) groups is 1. The Bertz CT molecular complexity index is 1340. The lowest BCUT2D eigenvalue weighted by Crippen LogP contribution is -2.35. The van der Waals surface area contributed by atoms with Gasteiger partial charge < -0.3 is 4.90 Å². The van der Waals surface area contributed by atoms with Crippen LogP contribution in [0.25, 0.3) is 0 Å². The summed E-state index contributed by atoms with van der Waals surface area (Å²) in [7, 11) is -3.70. The summed E-state index contributed by atoms with van der Waals surface area (Å²) in [5, 5.41) is 0.485. The van der Waals surface area contributed by atoms with E-state index in [4.69, 9.17) is 11.6 Å². The third-order valence-electron chi connectivity index (χ3n) is 6.06. The van der Waals surface area contributed by atoms with Crippen molar-refractivity contribution in [2.24, 2.45) is 0 Å². The van der Waals surface area contributed by atoms with Crippen LogP contribution in [0.2, 0.25) is 5.02 Å². The van der Waals surface area contributed by atoms with Gasteiger partial charge in [-0.1, -0.05) is 27.5 Å². The number of sulfonamides is 1. The number of halogens is 2. The van der Waals surface area contributed by atoms with Gasteiger partial charge >= 0.3 is 0 Å². The first-order valence-corrected chi connectivity index (χ1v) is 12.9. The molecule has 5 nitrogen and oxygen atoms in total. The predicted molar refractivity (Wildman–Crippen MR) is 130 cm³/mol. The molecule has 1 amide bonds. The molecule has 0 radical (unpaired) electrons. The zero-order valence-corrected chi connectivity index (χ0v) is 20.4. The fourth-order valence-electron chi connectivity index (χ4n) is 4.54.